The predicted molar refractivity (Wildman–Crippen MR) is 75.7 cm³/mol. The van der Waals surface area contributed by atoms with Gasteiger partial charge in [-0.2, -0.15) is 0 Å². The Bertz CT molecular complexity index is 639. The van der Waals surface area contributed by atoms with Gasteiger partial charge in [-0.05, 0) is 12.1 Å². The summed E-state index contributed by atoms with van der Waals surface area (Å²) in [6.45, 7) is 2.09. The lowest BCUT2D eigenvalue weighted by Crippen LogP contribution is -2.36. The Hall–Kier alpha value is -2.68. The van der Waals surface area contributed by atoms with Gasteiger partial charge in [0.1, 0.15) is 12.1 Å². The number of nitro groups is 1. The number of rotatable bonds is 3. The molecule has 0 amide bonds. The zero-order chi connectivity index (χ0) is 16.4. The van der Waals surface area contributed by atoms with Crippen molar-refractivity contribution in [3.8, 4) is 0 Å². The highest BCUT2D eigenvalue weighted by Gasteiger charge is 2.31. The first-order valence-corrected chi connectivity index (χ1v) is 7.04. The molecule has 2 heterocycles. The summed E-state index contributed by atoms with van der Waals surface area (Å²) in [5.74, 6) is -1.43. The molecule has 9 nitrogen and oxygen atoms in total. The topological polar surface area (TPSA) is 108 Å². The van der Waals surface area contributed by atoms with Crippen LogP contribution in [-0.2, 0) is 23.8 Å². The normalized spacial score (nSPS) is 19.2. The van der Waals surface area contributed by atoms with Crippen molar-refractivity contribution in [3.63, 3.8) is 0 Å². The molecule has 2 aliphatic rings. The second-order valence-electron chi connectivity index (χ2n) is 5.09. The Kier molecular flexibility index (Phi) is 4.11. The Morgan fingerprint density at radius 1 is 1.13 bits per heavy atom. The van der Waals surface area contributed by atoms with Crippen LogP contribution in [-0.4, -0.2) is 43.2 Å². The zero-order valence-electron chi connectivity index (χ0n) is 12.1. The number of anilines is 1. The number of cyclic esters (lactones) is 2. The van der Waals surface area contributed by atoms with Gasteiger partial charge in [0.25, 0.3) is 12.0 Å². The number of benzene rings is 1. The van der Waals surface area contributed by atoms with E-state index in [0.29, 0.717) is 32.0 Å². The number of hydrogen-bond acceptors (Lipinski definition) is 8. The fourth-order valence-electron chi connectivity index (χ4n) is 2.51. The van der Waals surface area contributed by atoms with Crippen LogP contribution in [0.25, 0.3) is 0 Å². The summed E-state index contributed by atoms with van der Waals surface area (Å²) < 4.78 is 15.1. The van der Waals surface area contributed by atoms with Crippen LogP contribution >= 0.6 is 0 Å². The third-order valence-corrected chi connectivity index (χ3v) is 3.59. The highest BCUT2D eigenvalue weighted by molar-refractivity contribution is 5.92. The van der Waals surface area contributed by atoms with Crippen LogP contribution < -0.4 is 4.90 Å². The SMILES string of the molecule is O=C1CC(=O)OC(c2ccc(N3CCOCC3)c([N+](=O)[O-])c2)O1. The lowest BCUT2D eigenvalue weighted by Gasteiger charge is -2.29. The fourth-order valence-corrected chi connectivity index (χ4v) is 2.51. The summed E-state index contributed by atoms with van der Waals surface area (Å²) in [4.78, 5) is 35.3. The fraction of sp³-hybridized carbons (Fsp3) is 0.429. The monoisotopic (exact) mass is 322 g/mol. The van der Waals surface area contributed by atoms with Gasteiger partial charge in [0.2, 0.25) is 0 Å². The Morgan fingerprint density at radius 2 is 1.78 bits per heavy atom. The van der Waals surface area contributed by atoms with Crippen molar-refractivity contribution in [1.82, 2.24) is 0 Å². The third kappa shape index (κ3) is 3.24. The number of nitro benzene ring substituents is 1. The molecule has 0 N–H and O–H groups in total. The van der Waals surface area contributed by atoms with Crippen LogP contribution in [0.2, 0.25) is 0 Å². The lowest BCUT2D eigenvalue weighted by atomic mass is 10.1. The van der Waals surface area contributed by atoms with E-state index in [2.05, 4.69) is 0 Å². The quantitative estimate of drug-likeness (QED) is 0.350. The first-order valence-electron chi connectivity index (χ1n) is 7.04. The van der Waals surface area contributed by atoms with Crippen molar-refractivity contribution < 1.29 is 28.7 Å². The van der Waals surface area contributed by atoms with E-state index < -0.39 is 29.6 Å². The molecule has 23 heavy (non-hydrogen) atoms. The maximum absolute atomic E-state index is 11.4. The Morgan fingerprint density at radius 3 is 2.39 bits per heavy atom. The van der Waals surface area contributed by atoms with E-state index in [1.807, 2.05) is 4.90 Å². The van der Waals surface area contributed by atoms with E-state index in [0.717, 1.165) is 0 Å². The largest absolute Gasteiger partial charge is 0.420 e. The molecule has 0 spiro atoms. The van der Waals surface area contributed by atoms with Crippen molar-refractivity contribution in [2.75, 3.05) is 31.2 Å². The summed E-state index contributed by atoms with van der Waals surface area (Å²) >= 11 is 0. The van der Waals surface area contributed by atoms with Crippen molar-refractivity contribution in [2.24, 2.45) is 0 Å². The van der Waals surface area contributed by atoms with Gasteiger partial charge in [-0.15, -0.1) is 0 Å². The Balaban J connectivity index is 1.91. The standard InChI is InChI=1S/C14H14N2O7/c17-12-8-13(18)23-14(22-12)9-1-2-10(11(7-9)16(19)20)15-3-5-21-6-4-15/h1-2,7,14H,3-6,8H2. The zero-order valence-corrected chi connectivity index (χ0v) is 12.1. The molecular formula is C14H14N2O7. The van der Waals surface area contributed by atoms with E-state index >= 15 is 0 Å². The molecule has 2 fully saturated rings. The number of hydrogen-bond donors (Lipinski definition) is 0. The molecule has 0 bridgehead atoms. The summed E-state index contributed by atoms with van der Waals surface area (Å²) in [5.41, 5.74) is 0.563. The average Bonchev–Trinajstić information content (AvgIpc) is 2.54. The smallest absolute Gasteiger partial charge is 0.320 e. The summed E-state index contributed by atoms with van der Waals surface area (Å²) in [6, 6.07) is 4.38. The number of carbonyl (C=O) groups is 2. The van der Waals surface area contributed by atoms with Gasteiger partial charge in [-0.25, -0.2) is 0 Å². The molecule has 0 radical (unpaired) electrons. The molecule has 9 heteroatoms. The average molecular weight is 322 g/mol. The number of carbonyl (C=O) groups excluding carboxylic acids is 2. The van der Waals surface area contributed by atoms with Gasteiger partial charge < -0.3 is 19.1 Å². The molecule has 1 aromatic rings. The van der Waals surface area contributed by atoms with Crippen molar-refractivity contribution in [1.29, 1.82) is 0 Å². The van der Waals surface area contributed by atoms with Crippen molar-refractivity contribution in [2.45, 2.75) is 12.7 Å². The molecule has 2 saturated heterocycles. The van der Waals surface area contributed by atoms with Gasteiger partial charge in [-0.3, -0.25) is 19.7 Å². The van der Waals surface area contributed by atoms with Crippen LogP contribution in [0.3, 0.4) is 0 Å². The number of ether oxygens (including phenoxy) is 3. The maximum atomic E-state index is 11.4. The van der Waals surface area contributed by atoms with Gasteiger partial charge in [0.15, 0.2) is 0 Å². The maximum Gasteiger partial charge on any atom is 0.320 e. The van der Waals surface area contributed by atoms with Crippen molar-refractivity contribution in [3.05, 3.63) is 33.9 Å². The molecule has 1 aromatic carbocycles. The number of morpholine rings is 1. The van der Waals surface area contributed by atoms with Crippen LogP contribution in [0.1, 0.15) is 18.3 Å². The van der Waals surface area contributed by atoms with Crippen molar-refractivity contribution >= 4 is 23.3 Å². The Labute approximate surface area is 130 Å². The molecule has 0 unspecified atom stereocenters. The van der Waals surface area contributed by atoms with Crippen LogP contribution in [0, 0.1) is 10.1 Å². The molecule has 122 valence electrons. The number of nitrogens with zero attached hydrogens (tertiary/aromatic N) is 2. The third-order valence-electron chi connectivity index (χ3n) is 3.59. The minimum absolute atomic E-state index is 0.137. The van der Waals surface area contributed by atoms with Crippen LogP contribution in [0.5, 0.6) is 0 Å². The van der Waals surface area contributed by atoms with Gasteiger partial charge in [0, 0.05) is 24.7 Å². The minimum Gasteiger partial charge on any atom is -0.420 e. The van der Waals surface area contributed by atoms with Gasteiger partial charge in [0.05, 0.1) is 18.1 Å². The second-order valence-corrected chi connectivity index (χ2v) is 5.09. The lowest BCUT2D eigenvalue weighted by molar-refractivity contribution is -0.384. The summed E-state index contributed by atoms with van der Waals surface area (Å²) in [7, 11) is 0. The highest BCUT2D eigenvalue weighted by atomic mass is 16.7. The molecule has 0 saturated carbocycles. The molecule has 3 rings (SSSR count). The summed E-state index contributed by atoms with van der Waals surface area (Å²) in [6.07, 6.45) is -1.70. The minimum atomic E-state index is -1.25. The molecule has 2 aliphatic heterocycles. The highest BCUT2D eigenvalue weighted by Crippen LogP contribution is 2.34. The molecular weight excluding hydrogens is 308 g/mol. The van der Waals surface area contributed by atoms with Gasteiger partial charge in [-0.1, -0.05) is 0 Å². The molecule has 0 aliphatic carbocycles. The van der Waals surface area contributed by atoms with E-state index in [4.69, 9.17) is 14.2 Å². The molecule has 0 atom stereocenters. The molecule has 0 aromatic heterocycles. The van der Waals surface area contributed by atoms with Crippen LogP contribution in [0.15, 0.2) is 18.2 Å². The summed E-state index contributed by atoms with van der Waals surface area (Å²) in [5, 5.41) is 11.4. The van der Waals surface area contributed by atoms with E-state index in [9.17, 15) is 19.7 Å². The van der Waals surface area contributed by atoms with Gasteiger partial charge >= 0.3 is 11.9 Å². The second kappa shape index (κ2) is 6.21. The van der Waals surface area contributed by atoms with Crippen LogP contribution in [0.4, 0.5) is 11.4 Å². The van der Waals surface area contributed by atoms with E-state index in [1.54, 1.807) is 12.1 Å². The first-order chi connectivity index (χ1) is 11.0. The van der Waals surface area contributed by atoms with E-state index in [1.165, 1.54) is 6.07 Å². The predicted octanol–water partition coefficient (Wildman–Crippen LogP) is 0.920. The number of esters is 2. The van der Waals surface area contributed by atoms with E-state index in [-0.39, 0.29) is 11.3 Å². The first kappa shape index (κ1) is 15.2.